The monoisotopic (exact) mass is 326 g/mol. The van der Waals surface area contributed by atoms with E-state index in [4.69, 9.17) is 0 Å². The predicted octanol–water partition coefficient (Wildman–Crippen LogP) is 3.21. The summed E-state index contributed by atoms with van der Waals surface area (Å²) in [6.45, 7) is 0.657. The number of pyridine rings is 1. The summed E-state index contributed by atoms with van der Waals surface area (Å²) >= 11 is 0. The smallest absolute Gasteiger partial charge is 0.113 e. The van der Waals surface area contributed by atoms with Gasteiger partial charge in [0.15, 0.2) is 0 Å². The lowest BCUT2D eigenvalue weighted by Gasteiger charge is -2.06. The van der Waals surface area contributed by atoms with Crippen molar-refractivity contribution in [1.29, 1.82) is 0 Å². The molecule has 0 fully saturated rings. The Bertz CT molecular complexity index is 1170. The molecule has 0 aliphatic heterocycles. The number of hydrogen-bond acceptors (Lipinski definition) is 4. The van der Waals surface area contributed by atoms with E-state index >= 15 is 0 Å². The molecule has 0 atom stereocenters. The number of benzene rings is 2. The van der Waals surface area contributed by atoms with Gasteiger partial charge in [0.1, 0.15) is 5.52 Å². The van der Waals surface area contributed by atoms with Gasteiger partial charge in [0.2, 0.25) is 0 Å². The first kappa shape index (κ1) is 13.9. The van der Waals surface area contributed by atoms with Crippen LogP contribution in [-0.4, -0.2) is 29.8 Å². The van der Waals surface area contributed by atoms with E-state index in [1.165, 1.54) is 0 Å². The van der Waals surface area contributed by atoms with E-state index in [0.29, 0.717) is 6.54 Å². The highest BCUT2D eigenvalue weighted by molar-refractivity contribution is 5.79. The van der Waals surface area contributed by atoms with Gasteiger partial charge in [-0.15, -0.1) is 5.10 Å². The zero-order valence-corrected chi connectivity index (χ0v) is 13.3. The molecule has 0 bridgehead atoms. The first-order chi connectivity index (χ1) is 12.4. The Morgan fingerprint density at radius 3 is 2.76 bits per heavy atom. The van der Waals surface area contributed by atoms with Crippen LogP contribution in [0, 0.1) is 0 Å². The van der Waals surface area contributed by atoms with Crippen LogP contribution in [0.2, 0.25) is 0 Å². The van der Waals surface area contributed by atoms with Crippen molar-refractivity contribution in [2.75, 3.05) is 0 Å². The first-order valence-electron chi connectivity index (χ1n) is 8.04. The number of hydrogen-bond donors (Lipinski definition) is 0. The van der Waals surface area contributed by atoms with Crippen molar-refractivity contribution in [2.24, 2.45) is 0 Å². The third-order valence-corrected chi connectivity index (χ3v) is 4.27. The molecule has 0 saturated carbocycles. The fraction of sp³-hybridized carbons (Fsp3) is 0.0526. The molecule has 0 spiro atoms. The minimum absolute atomic E-state index is 0.657. The number of aromatic nitrogens is 6. The lowest BCUT2D eigenvalue weighted by molar-refractivity contribution is 0.670. The quantitative estimate of drug-likeness (QED) is 0.511. The van der Waals surface area contributed by atoms with E-state index < -0.39 is 0 Å². The van der Waals surface area contributed by atoms with Gasteiger partial charge in [0.05, 0.1) is 23.3 Å². The molecule has 120 valence electrons. The summed E-state index contributed by atoms with van der Waals surface area (Å²) in [4.78, 5) is 4.36. The minimum atomic E-state index is 0.657. The average molecular weight is 326 g/mol. The highest BCUT2D eigenvalue weighted by Gasteiger charge is 2.08. The van der Waals surface area contributed by atoms with Crippen molar-refractivity contribution in [3.63, 3.8) is 0 Å². The Balaban J connectivity index is 1.56. The first-order valence-corrected chi connectivity index (χ1v) is 8.04. The summed E-state index contributed by atoms with van der Waals surface area (Å²) in [6, 6.07) is 18.2. The molecule has 5 rings (SSSR count). The van der Waals surface area contributed by atoms with Gasteiger partial charge in [-0.3, -0.25) is 4.98 Å². The number of fused-ring (bicyclic) bond motifs is 2. The van der Waals surface area contributed by atoms with Gasteiger partial charge >= 0.3 is 0 Å². The lowest BCUT2D eigenvalue weighted by Crippen LogP contribution is -2.02. The molecule has 25 heavy (non-hydrogen) atoms. The van der Waals surface area contributed by atoms with Crippen molar-refractivity contribution >= 4 is 21.9 Å². The largest absolute Gasteiger partial charge is 0.256 e. The van der Waals surface area contributed by atoms with Crippen molar-refractivity contribution in [2.45, 2.75) is 6.54 Å². The summed E-state index contributed by atoms with van der Waals surface area (Å²) in [6.07, 6.45) is 5.50. The molecule has 0 N–H and O–H groups in total. The molecule has 0 saturated heterocycles. The van der Waals surface area contributed by atoms with E-state index in [2.05, 4.69) is 44.7 Å². The van der Waals surface area contributed by atoms with E-state index in [9.17, 15) is 0 Å². The molecule has 0 unspecified atom stereocenters. The molecule has 6 nitrogen and oxygen atoms in total. The summed E-state index contributed by atoms with van der Waals surface area (Å²) in [5.74, 6) is 0. The maximum atomic E-state index is 4.36. The second kappa shape index (κ2) is 5.52. The second-order valence-electron chi connectivity index (χ2n) is 5.90. The van der Waals surface area contributed by atoms with Gasteiger partial charge in [-0.1, -0.05) is 17.3 Å². The average Bonchev–Trinajstić information content (AvgIpc) is 3.32. The molecule has 0 aliphatic rings. The zero-order valence-electron chi connectivity index (χ0n) is 13.3. The van der Waals surface area contributed by atoms with E-state index in [-0.39, 0.29) is 0 Å². The molecular weight excluding hydrogens is 312 g/mol. The maximum Gasteiger partial charge on any atom is 0.113 e. The summed E-state index contributed by atoms with van der Waals surface area (Å²) < 4.78 is 3.75. The standard InChI is InChI=1S/C19H14N6/c1-3-15-11-14(4-6-17(15)20-8-1)13-25-19-12-16(24-10-2-9-21-24)5-7-18(19)22-23-25/h1-12H,13H2. The Labute approximate surface area is 143 Å². The lowest BCUT2D eigenvalue weighted by atomic mass is 10.1. The molecule has 0 aliphatic carbocycles. The van der Waals surface area contributed by atoms with Gasteiger partial charge in [0, 0.05) is 24.0 Å². The topological polar surface area (TPSA) is 61.4 Å². The molecule has 3 aromatic heterocycles. The third kappa shape index (κ3) is 2.44. The minimum Gasteiger partial charge on any atom is -0.256 e. The van der Waals surface area contributed by atoms with Crippen LogP contribution in [0.25, 0.3) is 27.6 Å². The number of nitrogens with zero attached hydrogens (tertiary/aromatic N) is 6. The SMILES string of the molecule is c1cnc2ccc(Cn3nnc4ccc(-n5cccn5)cc43)cc2c1. The Hall–Kier alpha value is -3.54. The fourth-order valence-electron chi connectivity index (χ4n) is 3.03. The zero-order chi connectivity index (χ0) is 16.6. The van der Waals surface area contributed by atoms with E-state index in [1.807, 2.05) is 52.1 Å². The van der Waals surface area contributed by atoms with Crippen LogP contribution in [0.1, 0.15) is 5.56 Å². The van der Waals surface area contributed by atoms with E-state index in [0.717, 1.165) is 33.2 Å². The fourth-order valence-corrected chi connectivity index (χ4v) is 3.03. The molecule has 5 aromatic rings. The Kier molecular flexibility index (Phi) is 3.06. The predicted molar refractivity (Wildman–Crippen MR) is 95.5 cm³/mol. The van der Waals surface area contributed by atoms with Crippen LogP contribution in [-0.2, 0) is 6.54 Å². The van der Waals surface area contributed by atoms with Gasteiger partial charge in [-0.2, -0.15) is 5.10 Å². The van der Waals surface area contributed by atoms with Crippen LogP contribution in [0.15, 0.2) is 73.2 Å². The van der Waals surface area contributed by atoms with Gasteiger partial charge in [-0.05, 0) is 48.0 Å². The molecule has 2 aromatic carbocycles. The normalized spacial score (nSPS) is 11.4. The van der Waals surface area contributed by atoms with Crippen LogP contribution in [0.5, 0.6) is 0 Å². The van der Waals surface area contributed by atoms with Crippen LogP contribution >= 0.6 is 0 Å². The summed E-state index contributed by atoms with van der Waals surface area (Å²) in [5, 5.41) is 14.0. The highest BCUT2D eigenvalue weighted by atomic mass is 15.4. The van der Waals surface area contributed by atoms with Crippen molar-refractivity contribution in [1.82, 2.24) is 29.8 Å². The summed E-state index contributed by atoms with van der Waals surface area (Å²) in [5.41, 5.74) is 5.01. The number of rotatable bonds is 3. The highest BCUT2D eigenvalue weighted by Crippen LogP contribution is 2.19. The van der Waals surface area contributed by atoms with Gasteiger partial charge in [-0.25, -0.2) is 9.36 Å². The molecule has 0 amide bonds. The van der Waals surface area contributed by atoms with Crippen molar-refractivity contribution in [3.8, 4) is 5.69 Å². The molecular formula is C19H14N6. The van der Waals surface area contributed by atoms with Crippen LogP contribution in [0.4, 0.5) is 0 Å². The van der Waals surface area contributed by atoms with Crippen molar-refractivity contribution < 1.29 is 0 Å². The molecule has 0 radical (unpaired) electrons. The second-order valence-corrected chi connectivity index (χ2v) is 5.90. The third-order valence-electron chi connectivity index (χ3n) is 4.27. The van der Waals surface area contributed by atoms with E-state index in [1.54, 1.807) is 6.20 Å². The van der Waals surface area contributed by atoms with Gasteiger partial charge in [0.25, 0.3) is 0 Å². The Morgan fingerprint density at radius 2 is 1.84 bits per heavy atom. The van der Waals surface area contributed by atoms with Crippen LogP contribution in [0.3, 0.4) is 0 Å². The van der Waals surface area contributed by atoms with Gasteiger partial charge < -0.3 is 0 Å². The van der Waals surface area contributed by atoms with Crippen molar-refractivity contribution in [3.05, 3.63) is 78.8 Å². The molecule has 6 heteroatoms. The Morgan fingerprint density at radius 1 is 0.880 bits per heavy atom. The summed E-state index contributed by atoms with van der Waals surface area (Å²) in [7, 11) is 0. The van der Waals surface area contributed by atoms with Crippen LogP contribution < -0.4 is 0 Å². The maximum absolute atomic E-state index is 4.36. The molecule has 3 heterocycles.